The third kappa shape index (κ3) is 9.04. The van der Waals surface area contributed by atoms with Crippen LogP contribution in [0.15, 0.2) is 0 Å². The first-order chi connectivity index (χ1) is 20.3. The molecular formula is C27H36F16O2. The van der Waals surface area contributed by atoms with Crippen LogP contribution < -0.4 is 0 Å². The molecule has 1 unspecified atom stereocenters. The Morgan fingerprint density at radius 2 is 0.911 bits per heavy atom. The van der Waals surface area contributed by atoms with Crippen LogP contribution in [-0.4, -0.2) is 55.6 Å². The molecule has 0 aromatic rings. The number of halogens is 16. The van der Waals surface area contributed by atoms with E-state index in [-0.39, 0.29) is 37.5 Å². The van der Waals surface area contributed by atoms with Gasteiger partial charge in [0.1, 0.15) is 0 Å². The molecule has 2 nitrogen and oxygen atoms in total. The average Bonchev–Trinajstić information content (AvgIpc) is 2.87. The van der Waals surface area contributed by atoms with Gasteiger partial charge in [-0.25, -0.2) is 0 Å². The Labute approximate surface area is 249 Å². The van der Waals surface area contributed by atoms with Crippen molar-refractivity contribution in [2.75, 3.05) is 13.2 Å². The molecule has 0 bridgehead atoms. The minimum absolute atomic E-state index is 0.0365. The smallest absolute Gasteiger partial charge is 0.351 e. The zero-order valence-electron chi connectivity index (χ0n) is 24.2. The molecule has 2 saturated carbocycles. The van der Waals surface area contributed by atoms with Crippen molar-refractivity contribution in [2.45, 2.75) is 126 Å². The molecule has 0 saturated heterocycles. The fourth-order valence-electron chi connectivity index (χ4n) is 6.55. The maximum absolute atomic E-state index is 14.2. The largest absolute Gasteiger partial charge is 0.458 e. The van der Waals surface area contributed by atoms with Gasteiger partial charge in [0.25, 0.3) is 0 Å². The van der Waals surface area contributed by atoms with Crippen LogP contribution in [0.5, 0.6) is 0 Å². The van der Waals surface area contributed by atoms with Gasteiger partial charge in [0.05, 0.1) is 13.2 Å². The molecule has 0 heterocycles. The number of rotatable bonds is 12. The lowest BCUT2D eigenvalue weighted by molar-refractivity contribution is -0.460. The van der Waals surface area contributed by atoms with E-state index >= 15 is 0 Å². The Balaban J connectivity index is 2.27. The van der Waals surface area contributed by atoms with Gasteiger partial charge in [-0.3, -0.25) is 0 Å². The van der Waals surface area contributed by atoms with Crippen molar-refractivity contribution in [2.24, 2.45) is 29.6 Å². The second-order valence-corrected chi connectivity index (χ2v) is 12.1. The number of unbranched alkanes of at least 4 members (excludes halogenated alkanes) is 2. The molecule has 2 rings (SSSR count). The molecule has 0 aromatic carbocycles. The van der Waals surface area contributed by atoms with Gasteiger partial charge >= 0.3 is 42.3 Å². The Morgan fingerprint density at radius 3 is 1.29 bits per heavy atom. The summed E-state index contributed by atoms with van der Waals surface area (Å²) in [5, 5.41) is 0. The van der Waals surface area contributed by atoms with E-state index in [0.29, 0.717) is 5.92 Å². The molecular weight excluding hydrogens is 660 g/mol. The van der Waals surface area contributed by atoms with E-state index in [0.717, 1.165) is 51.4 Å². The molecule has 268 valence electrons. The molecule has 0 amide bonds. The fourth-order valence-corrected chi connectivity index (χ4v) is 6.55. The van der Waals surface area contributed by atoms with Gasteiger partial charge in [-0.2, -0.15) is 70.2 Å². The Hall–Kier alpha value is -1.20. The van der Waals surface area contributed by atoms with Crippen molar-refractivity contribution < 1.29 is 79.7 Å². The highest BCUT2D eigenvalue weighted by molar-refractivity contribution is 5.03. The van der Waals surface area contributed by atoms with Crippen LogP contribution in [0.3, 0.4) is 0 Å². The summed E-state index contributed by atoms with van der Waals surface area (Å²) in [6.07, 6.45) is -27.4. The number of ether oxygens (including phenoxy) is 2. The van der Waals surface area contributed by atoms with Gasteiger partial charge in [0.15, 0.2) is 0 Å². The first-order valence-corrected chi connectivity index (χ1v) is 14.6. The van der Waals surface area contributed by atoms with E-state index in [1.165, 1.54) is 0 Å². The average molecular weight is 697 g/mol. The van der Waals surface area contributed by atoms with Gasteiger partial charge in [-0.05, 0) is 62.2 Å². The Morgan fingerprint density at radius 1 is 0.511 bits per heavy atom. The molecule has 0 radical (unpaired) electrons. The monoisotopic (exact) mass is 696 g/mol. The van der Waals surface area contributed by atoms with Crippen molar-refractivity contribution in [1.82, 2.24) is 0 Å². The zero-order valence-corrected chi connectivity index (χ0v) is 24.2. The first-order valence-electron chi connectivity index (χ1n) is 14.6. The van der Waals surface area contributed by atoms with E-state index in [2.05, 4.69) is 16.4 Å². The van der Waals surface area contributed by atoms with Crippen LogP contribution >= 0.6 is 0 Å². The molecule has 2 fully saturated rings. The lowest BCUT2D eigenvalue weighted by Crippen LogP contribution is -2.68. The third-order valence-corrected chi connectivity index (χ3v) is 9.19. The summed E-state index contributed by atoms with van der Waals surface area (Å²) in [5.41, 5.74) is -6.82. The normalized spacial score (nSPS) is 25.8. The Kier molecular flexibility index (Phi) is 12.9. The summed E-state index contributed by atoms with van der Waals surface area (Å²) in [6, 6.07) is 0. The summed E-state index contributed by atoms with van der Waals surface area (Å²) < 4.78 is 219. The summed E-state index contributed by atoms with van der Waals surface area (Å²) in [5.74, 6) is -9.41. The fraction of sp³-hybridized carbons (Fsp3) is 1.00. The molecule has 1 atom stereocenters. The molecule has 0 spiro atoms. The van der Waals surface area contributed by atoms with Crippen molar-refractivity contribution >= 4 is 0 Å². The quantitative estimate of drug-likeness (QED) is 0.149. The van der Waals surface area contributed by atoms with Crippen LogP contribution in [0.4, 0.5) is 70.2 Å². The molecule has 2 aliphatic rings. The predicted octanol–water partition coefficient (Wildman–Crippen LogP) is 11.0. The van der Waals surface area contributed by atoms with Crippen LogP contribution in [0, 0.1) is 29.6 Å². The summed E-state index contributed by atoms with van der Waals surface area (Å²) in [7, 11) is 0. The van der Waals surface area contributed by atoms with Gasteiger partial charge in [0, 0.05) is 5.92 Å². The highest BCUT2D eigenvalue weighted by atomic mass is 19.4. The van der Waals surface area contributed by atoms with Crippen LogP contribution in [0.2, 0.25) is 0 Å². The zero-order chi connectivity index (χ0) is 34.7. The second kappa shape index (κ2) is 14.5. The number of alkyl halides is 16. The third-order valence-electron chi connectivity index (χ3n) is 9.19. The summed E-state index contributed by atoms with van der Waals surface area (Å²) >= 11 is 0. The highest BCUT2D eigenvalue weighted by Crippen LogP contribution is 2.56. The van der Waals surface area contributed by atoms with Gasteiger partial charge in [-0.15, -0.1) is 0 Å². The van der Waals surface area contributed by atoms with Crippen molar-refractivity contribution in [3.63, 3.8) is 0 Å². The lowest BCUT2D eigenvalue weighted by atomic mass is 9.67. The van der Waals surface area contributed by atoms with Crippen molar-refractivity contribution in [1.29, 1.82) is 0 Å². The molecule has 0 aliphatic heterocycles. The standard InChI is InChI=1S/C27H36F16O2/c1-2-3-4-5-16-6-8-17(9-7-16)18-10-12-19(13-11-18)20(15-45-22(28,26(38,39)40)27(41,42)43)14-44-21(23(29,30)31,24(32,33)34)25(35,36)37/h16-20H,2-15H2,1H3. The van der Waals surface area contributed by atoms with Gasteiger partial charge in [-0.1, -0.05) is 45.4 Å². The maximum atomic E-state index is 14.2. The predicted molar refractivity (Wildman–Crippen MR) is 127 cm³/mol. The van der Waals surface area contributed by atoms with Gasteiger partial charge in [0.2, 0.25) is 0 Å². The van der Waals surface area contributed by atoms with Crippen molar-refractivity contribution in [3.05, 3.63) is 0 Å². The van der Waals surface area contributed by atoms with Gasteiger partial charge < -0.3 is 9.47 Å². The summed E-state index contributed by atoms with van der Waals surface area (Å²) in [6.45, 7) is -2.34. The second-order valence-electron chi connectivity index (χ2n) is 12.1. The molecule has 45 heavy (non-hydrogen) atoms. The lowest BCUT2D eigenvalue weighted by Gasteiger charge is -2.42. The molecule has 0 aromatic heterocycles. The van der Waals surface area contributed by atoms with Crippen LogP contribution in [-0.2, 0) is 9.47 Å². The van der Waals surface area contributed by atoms with E-state index in [1.54, 1.807) is 0 Å². The van der Waals surface area contributed by atoms with Crippen LogP contribution in [0.25, 0.3) is 0 Å². The minimum atomic E-state index is -7.19. The van der Waals surface area contributed by atoms with E-state index in [4.69, 9.17) is 0 Å². The van der Waals surface area contributed by atoms with E-state index < -0.39 is 67.4 Å². The molecule has 2 aliphatic carbocycles. The molecule has 0 N–H and O–H groups in total. The first kappa shape index (κ1) is 40.0. The maximum Gasteiger partial charge on any atom is 0.458 e. The minimum Gasteiger partial charge on any atom is -0.351 e. The van der Waals surface area contributed by atoms with E-state index in [1.807, 2.05) is 0 Å². The number of hydrogen-bond donors (Lipinski definition) is 0. The number of hydrogen-bond acceptors (Lipinski definition) is 2. The topological polar surface area (TPSA) is 18.5 Å². The Bertz CT molecular complexity index is 839. The highest BCUT2D eigenvalue weighted by Gasteiger charge is 2.85. The van der Waals surface area contributed by atoms with Crippen molar-refractivity contribution in [3.8, 4) is 0 Å². The summed E-state index contributed by atoms with van der Waals surface area (Å²) in [4.78, 5) is 0. The SMILES string of the molecule is CCCCCC1CCC(C2CCC(C(COC(F)(C(F)(F)F)C(F)(F)F)COC(C(F)(F)F)(C(F)(F)F)C(F)(F)F)CC2)CC1. The van der Waals surface area contributed by atoms with Crippen LogP contribution in [0.1, 0.15) is 84.0 Å². The van der Waals surface area contributed by atoms with E-state index in [9.17, 15) is 70.2 Å². The molecule has 18 heteroatoms.